The second kappa shape index (κ2) is 6.99. The molecule has 0 aliphatic heterocycles. The molecule has 3 aromatic rings. The minimum absolute atomic E-state index is 0.248. The van der Waals surface area contributed by atoms with Gasteiger partial charge in [0.05, 0.1) is 17.1 Å². The predicted molar refractivity (Wildman–Crippen MR) is 94.9 cm³/mol. The van der Waals surface area contributed by atoms with Gasteiger partial charge in [-0.1, -0.05) is 23.2 Å². The van der Waals surface area contributed by atoms with E-state index >= 15 is 0 Å². The molecule has 2 N–H and O–H groups in total. The standard InChI is InChI=1S/C18H13Cl2NO3/c19-12-3-7-15(16(20)9-12)17-8-6-14(24-17)10-21-13-4-1-11(2-5-13)18(22)23/h1-9,21H,10H2,(H,22,23). The lowest BCUT2D eigenvalue weighted by molar-refractivity contribution is 0.0697. The molecular formula is C18H13Cl2NO3. The molecule has 0 unspecified atom stereocenters. The second-order valence-electron chi connectivity index (χ2n) is 5.13. The highest BCUT2D eigenvalue weighted by Crippen LogP contribution is 2.31. The topological polar surface area (TPSA) is 62.5 Å². The van der Waals surface area contributed by atoms with Crippen LogP contribution in [-0.4, -0.2) is 11.1 Å². The van der Waals surface area contributed by atoms with Gasteiger partial charge in [-0.05, 0) is 54.6 Å². The molecule has 2 aromatic carbocycles. The van der Waals surface area contributed by atoms with Gasteiger partial charge in [-0.2, -0.15) is 0 Å². The van der Waals surface area contributed by atoms with E-state index in [1.165, 1.54) is 0 Å². The van der Waals surface area contributed by atoms with Crippen molar-refractivity contribution in [3.63, 3.8) is 0 Å². The summed E-state index contributed by atoms with van der Waals surface area (Å²) < 4.78 is 5.79. The number of nitrogens with one attached hydrogen (secondary N) is 1. The van der Waals surface area contributed by atoms with Crippen LogP contribution in [0.4, 0.5) is 5.69 Å². The van der Waals surface area contributed by atoms with E-state index in [1.54, 1.807) is 36.4 Å². The van der Waals surface area contributed by atoms with Crippen molar-refractivity contribution in [3.8, 4) is 11.3 Å². The number of furan rings is 1. The molecule has 0 spiro atoms. The Balaban J connectivity index is 1.69. The number of hydrogen-bond donors (Lipinski definition) is 2. The van der Waals surface area contributed by atoms with E-state index in [0.29, 0.717) is 22.4 Å². The zero-order valence-corrected chi connectivity index (χ0v) is 13.9. The van der Waals surface area contributed by atoms with Crippen molar-refractivity contribution < 1.29 is 14.3 Å². The van der Waals surface area contributed by atoms with Gasteiger partial charge in [0.15, 0.2) is 0 Å². The molecule has 0 fully saturated rings. The number of rotatable bonds is 5. The number of halogens is 2. The van der Waals surface area contributed by atoms with Crippen LogP contribution in [0.15, 0.2) is 59.0 Å². The highest BCUT2D eigenvalue weighted by molar-refractivity contribution is 6.36. The van der Waals surface area contributed by atoms with Crippen LogP contribution in [-0.2, 0) is 6.54 Å². The first kappa shape index (κ1) is 16.4. The average Bonchev–Trinajstić information content (AvgIpc) is 3.02. The van der Waals surface area contributed by atoms with Crippen molar-refractivity contribution in [2.24, 2.45) is 0 Å². The fourth-order valence-electron chi connectivity index (χ4n) is 2.23. The van der Waals surface area contributed by atoms with Gasteiger partial charge in [-0.15, -0.1) is 0 Å². The fraction of sp³-hybridized carbons (Fsp3) is 0.0556. The zero-order chi connectivity index (χ0) is 17.1. The Kier molecular flexibility index (Phi) is 4.79. The van der Waals surface area contributed by atoms with Crippen molar-refractivity contribution in [1.82, 2.24) is 0 Å². The molecular weight excluding hydrogens is 349 g/mol. The molecule has 0 radical (unpaired) electrons. The first-order valence-electron chi connectivity index (χ1n) is 7.14. The molecule has 0 saturated heterocycles. The Hall–Kier alpha value is -2.43. The monoisotopic (exact) mass is 361 g/mol. The molecule has 6 heteroatoms. The van der Waals surface area contributed by atoms with E-state index in [-0.39, 0.29) is 5.56 Å². The fourth-order valence-corrected chi connectivity index (χ4v) is 2.73. The van der Waals surface area contributed by atoms with E-state index in [0.717, 1.165) is 17.0 Å². The zero-order valence-electron chi connectivity index (χ0n) is 12.4. The van der Waals surface area contributed by atoms with Crippen molar-refractivity contribution in [3.05, 3.63) is 76.0 Å². The smallest absolute Gasteiger partial charge is 0.335 e. The predicted octanol–water partition coefficient (Wildman–Crippen LogP) is 5.56. The molecule has 122 valence electrons. The largest absolute Gasteiger partial charge is 0.478 e. The molecule has 4 nitrogen and oxygen atoms in total. The molecule has 0 atom stereocenters. The number of anilines is 1. The van der Waals surface area contributed by atoms with Gasteiger partial charge in [-0.3, -0.25) is 0 Å². The Labute approximate surface area is 148 Å². The third-order valence-corrected chi connectivity index (χ3v) is 4.00. The molecule has 0 saturated carbocycles. The summed E-state index contributed by atoms with van der Waals surface area (Å²) in [6.45, 7) is 0.470. The highest BCUT2D eigenvalue weighted by Gasteiger charge is 2.09. The van der Waals surface area contributed by atoms with E-state index < -0.39 is 5.97 Å². The molecule has 3 rings (SSSR count). The Morgan fingerprint density at radius 2 is 1.79 bits per heavy atom. The summed E-state index contributed by atoms with van der Waals surface area (Å²) >= 11 is 12.1. The number of carboxylic acid groups (broad SMARTS) is 1. The van der Waals surface area contributed by atoms with E-state index in [1.807, 2.05) is 18.2 Å². The summed E-state index contributed by atoms with van der Waals surface area (Å²) in [5.74, 6) is 0.449. The van der Waals surface area contributed by atoms with E-state index in [9.17, 15) is 4.79 Å². The Bertz CT molecular complexity index is 872. The molecule has 1 aromatic heterocycles. The number of carboxylic acids is 1. The van der Waals surface area contributed by atoms with Crippen LogP contribution in [0, 0.1) is 0 Å². The van der Waals surface area contributed by atoms with Crippen LogP contribution < -0.4 is 5.32 Å². The maximum Gasteiger partial charge on any atom is 0.335 e. The van der Waals surface area contributed by atoms with Crippen molar-refractivity contribution in [2.75, 3.05) is 5.32 Å². The van der Waals surface area contributed by atoms with E-state index in [2.05, 4.69) is 5.32 Å². The van der Waals surface area contributed by atoms with Crippen molar-refractivity contribution >= 4 is 34.9 Å². The van der Waals surface area contributed by atoms with Gasteiger partial charge in [0, 0.05) is 16.3 Å². The van der Waals surface area contributed by atoms with Crippen LogP contribution in [0.2, 0.25) is 10.0 Å². The Morgan fingerprint density at radius 1 is 1.04 bits per heavy atom. The minimum atomic E-state index is -0.947. The Morgan fingerprint density at radius 3 is 2.46 bits per heavy atom. The van der Waals surface area contributed by atoms with Crippen LogP contribution in [0.25, 0.3) is 11.3 Å². The summed E-state index contributed by atoms with van der Waals surface area (Å²) in [4.78, 5) is 10.8. The molecule has 0 amide bonds. The van der Waals surface area contributed by atoms with Gasteiger partial charge < -0.3 is 14.8 Å². The third kappa shape index (κ3) is 3.72. The summed E-state index contributed by atoms with van der Waals surface area (Å²) in [5, 5.41) is 13.2. The molecule has 0 aliphatic rings. The maximum atomic E-state index is 10.8. The molecule has 0 aliphatic carbocycles. The number of hydrogen-bond acceptors (Lipinski definition) is 3. The number of carbonyl (C=O) groups is 1. The van der Waals surface area contributed by atoms with Crippen LogP contribution >= 0.6 is 23.2 Å². The SMILES string of the molecule is O=C(O)c1ccc(NCc2ccc(-c3ccc(Cl)cc3Cl)o2)cc1. The van der Waals surface area contributed by atoms with Crippen LogP contribution in [0.5, 0.6) is 0 Å². The lowest BCUT2D eigenvalue weighted by Gasteiger charge is -2.05. The first-order valence-corrected chi connectivity index (χ1v) is 7.90. The van der Waals surface area contributed by atoms with E-state index in [4.69, 9.17) is 32.7 Å². The molecule has 1 heterocycles. The quantitative estimate of drug-likeness (QED) is 0.623. The summed E-state index contributed by atoms with van der Waals surface area (Å²) in [6, 6.07) is 15.5. The van der Waals surface area contributed by atoms with Crippen LogP contribution in [0.1, 0.15) is 16.1 Å². The molecule has 24 heavy (non-hydrogen) atoms. The lowest BCUT2D eigenvalue weighted by atomic mass is 10.2. The maximum absolute atomic E-state index is 10.8. The minimum Gasteiger partial charge on any atom is -0.478 e. The van der Waals surface area contributed by atoms with Gasteiger partial charge in [0.25, 0.3) is 0 Å². The molecule has 0 bridgehead atoms. The first-order chi connectivity index (χ1) is 11.5. The lowest BCUT2D eigenvalue weighted by Crippen LogP contribution is -2.00. The normalized spacial score (nSPS) is 10.6. The summed E-state index contributed by atoms with van der Waals surface area (Å²) in [6.07, 6.45) is 0. The number of benzene rings is 2. The summed E-state index contributed by atoms with van der Waals surface area (Å²) in [7, 11) is 0. The van der Waals surface area contributed by atoms with Gasteiger partial charge in [0.1, 0.15) is 11.5 Å². The second-order valence-corrected chi connectivity index (χ2v) is 5.97. The van der Waals surface area contributed by atoms with Crippen molar-refractivity contribution in [2.45, 2.75) is 6.54 Å². The van der Waals surface area contributed by atoms with Crippen molar-refractivity contribution in [1.29, 1.82) is 0 Å². The van der Waals surface area contributed by atoms with Gasteiger partial charge >= 0.3 is 5.97 Å². The van der Waals surface area contributed by atoms with Gasteiger partial charge in [-0.25, -0.2) is 4.79 Å². The highest BCUT2D eigenvalue weighted by atomic mass is 35.5. The third-order valence-electron chi connectivity index (χ3n) is 3.46. The van der Waals surface area contributed by atoms with Crippen LogP contribution in [0.3, 0.4) is 0 Å². The average molecular weight is 362 g/mol. The summed E-state index contributed by atoms with van der Waals surface area (Å²) in [5.41, 5.74) is 1.83. The number of aromatic carboxylic acids is 1. The van der Waals surface area contributed by atoms with Gasteiger partial charge in [0.2, 0.25) is 0 Å².